The van der Waals surface area contributed by atoms with Crippen molar-refractivity contribution in [3.8, 4) is 0 Å². The van der Waals surface area contributed by atoms with Gasteiger partial charge in [-0.25, -0.2) is 0 Å². The zero-order valence-corrected chi connectivity index (χ0v) is 11.8. The van der Waals surface area contributed by atoms with Crippen molar-refractivity contribution in [3.05, 3.63) is 35.6 Å². The third-order valence-electron chi connectivity index (χ3n) is 3.60. The SMILES string of the molecule is CNC(CCc1cc2cc(C)ccc2o1)C(C)C. The van der Waals surface area contributed by atoms with Crippen LogP contribution in [0.5, 0.6) is 0 Å². The molecule has 0 saturated heterocycles. The van der Waals surface area contributed by atoms with E-state index in [4.69, 9.17) is 4.42 Å². The molecule has 1 atom stereocenters. The van der Waals surface area contributed by atoms with Gasteiger partial charge in [-0.05, 0) is 44.5 Å². The number of fused-ring (bicyclic) bond motifs is 1. The van der Waals surface area contributed by atoms with Crippen LogP contribution in [0.2, 0.25) is 0 Å². The van der Waals surface area contributed by atoms with Crippen LogP contribution in [0.3, 0.4) is 0 Å². The Morgan fingerprint density at radius 2 is 2.00 bits per heavy atom. The highest BCUT2D eigenvalue weighted by molar-refractivity contribution is 5.78. The van der Waals surface area contributed by atoms with Crippen LogP contribution in [0.25, 0.3) is 11.0 Å². The average Bonchev–Trinajstić information content (AvgIpc) is 2.71. The van der Waals surface area contributed by atoms with Gasteiger partial charge in [0.15, 0.2) is 0 Å². The molecule has 0 amide bonds. The van der Waals surface area contributed by atoms with E-state index in [0.29, 0.717) is 12.0 Å². The topological polar surface area (TPSA) is 25.2 Å². The smallest absolute Gasteiger partial charge is 0.134 e. The van der Waals surface area contributed by atoms with Gasteiger partial charge in [0.05, 0.1) is 0 Å². The van der Waals surface area contributed by atoms with E-state index >= 15 is 0 Å². The summed E-state index contributed by atoms with van der Waals surface area (Å²) in [7, 11) is 2.03. The quantitative estimate of drug-likeness (QED) is 0.863. The van der Waals surface area contributed by atoms with Crippen LogP contribution in [0.1, 0.15) is 31.6 Å². The highest BCUT2D eigenvalue weighted by Crippen LogP contribution is 2.22. The molecular weight excluding hydrogens is 222 g/mol. The maximum Gasteiger partial charge on any atom is 0.134 e. The lowest BCUT2D eigenvalue weighted by Gasteiger charge is -2.19. The first-order chi connectivity index (χ1) is 8.60. The molecule has 1 N–H and O–H groups in total. The summed E-state index contributed by atoms with van der Waals surface area (Å²) in [6, 6.07) is 9.07. The summed E-state index contributed by atoms with van der Waals surface area (Å²) in [6.07, 6.45) is 2.12. The molecule has 98 valence electrons. The van der Waals surface area contributed by atoms with Gasteiger partial charge in [-0.2, -0.15) is 0 Å². The van der Waals surface area contributed by atoms with Crippen LogP contribution in [-0.4, -0.2) is 13.1 Å². The molecule has 1 unspecified atom stereocenters. The van der Waals surface area contributed by atoms with E-state index < -0.39 is 0 Å². The summed E-state index contributed by atoms with van der Waals surface area (Å²) in [5.41, 5.74) is 2.28. The summed E-state index contributed by atoms with van der Waals surface area (Å²) in [5, 5.41) is 4.59. The fourth-order valence-corrected chi connectivity index (χ4v) is 2.45. The normalized spacial score (nSPS) is 13.4. The molecule has 2 aromatic rings. The third kappa shape index (κ3) is 2.94. The van der Waals surface area contributed by atoms with Gasteiger partial charge >= 0.3 is 0 Å². The Bertz CT molecular complexity index is 513. The number of hydrogen-bond acceptors (Lipinski definition) is 2. The maximum atomic E-state index is 5.87. The molecule has 1 aromatic heterocycles. The second kappa shape index (κ2) is 5.57. The van der Waals surface area contributed by atoms with E-state index in [1.165, 1.54) is 10.9 Å². The molecule has 2 heteroatoms. The molecule has 0 radical (unpaired) electrons. The van der Waals surface area contributed by atoms with E-state index in [1.807, 2.05) is 7.05 Å². The molecular formula is C16H23NO. The largest absolute Gasteiger partial charge is 0.461 e. The van der Waals surface area contributed by atoms with E-state index in [0.717, 1.165) is 24.2 Å². The summed E-state index contributed by atoms with van der Waals surface area (Å²) >= 11 is 0. The van der Waals surface area contributed by atoms with E-state index in [2.05, 4.69) is 50.4 Å². The zero-order chi connectivity index (χ0) is 13.1. The van der Waals surface area contributed by atoms with Crippen LogP contribution in [0.15, 0.2) is 28.7 Å². The highest BCUT2D eigenvalue weighted by Gasteiger charge is 2.12. The Morgan fingerprint density at radius 3 is 2.67 bits per heavy atom. The molecule has 0 spiro atoms. The van der Waals surface area contributed by atoms with Gasteiger partial charge < -0.3 is 9.73 Å². The zero-order valence-electron chi connectivity index (χ0n) is 11.8. The van der Waals surface area contributed by atoms with E-state index in [9.17, 15) is 0 Å². The second-order valence-corrected chi connectivity index (χ2v) is 5.43. The molecule has 0 aliphatic rings. The van der Waals surface area contributed by atoms with E-state index in [1.54, 1.807) is 0 Å². The first-order valence-electron chi connectivity index (χ1n) is 6.76. The highest BCUT2D eigenvalue weighted by atomic mass is 16.3. The predicted molar refractivity (Wildman–Crippen MR) is 77.0 cm³/mol. The van der Waals surface area contributed by atoms with Crippen molar-refractivity contribution in [2.45, 2.75) is 39.7 Å². The van der Waals surface area contributed by atoms with Gasteiger partial charge in [0, 0.05) is 17.8 Å². The van der Waals surface area contributed by atoms with Crippen molar-refractivity contribution in [3.63, 3.8) is 0 Å². The fraction of sp³-hybridized carbons (Fsp3) is 0.500. The summed E-state index contributed by atoms with van der Waals surface area (Å²) in [5.74, 6) is 1.75. The number of furan rings is 1. The molecule has 18 heavy (non-hydrogen) atoms. The molecule has 2 nitrogen and oxygen atoms in total. The van der Waals surface area contributed by atoms with Crippen LogP contribution in [0, 0.1) is 12.8 Å². The standard InChI is InChI=1S/C16H23NO/c1-11(2)15(17-4)7-6-14-10-13-9-12(3)5-8-16(13)18-14/h5,8-11,15,17H,6-7H2,1-4H3. The minimum absolute atomic E-state index is 0.556. The number of hydrogen-bond donors (Lipinski definition) is 1. The molecule has 0 aliphatic heterocycles. The van der Waals surface area contributed by atoms with Crippen LogP contribution in [0.4, 0.5) is 0 Å². The fourth-order valence-electron chi connectivity index (χ4n) is 2.45. The Hall–Kier alpha value is -1.28. The number of aryl methyl sites for hydroxylation is 2. The Balaban J connectivity index is 2.08. The number of benzene rings is 1. The summed E-state index contributed by atoms with van der Waals surface area (Å²) in [4.78, 5) is 0. The predicted octanol–water partition coefficient (Wildman–Crippen LogP) is 3.92. The van der Waals surface area contributed by atoms with E-state index in [-0.39, 0.29) is 0 Å². The van der Waals surface area contributed by atoms with Crippen molar-refractivity contribution in [2.24, 2.45) is 5.92 Å². The minimum Gasteiger partial charge on any atom is -0.461 e. The lowest BCUT2D eigenvalue weighted by molar-refractivity contribution is 0.390. The van der Waals surface area contributed by atoms with Crippen molar-refractivity contribution < 1.29 is 4.42 Å². The average molecular weight is 245 g/mol. The first-order valence-corrected chi connectivity index (χ1v) is 6.76. The maximum absolute atomic E-state index is 5.87. The van der Waals surface area contributed by atoms with Crippen LogP contribution < -0.4 is 5.32 Å². The van der Waals surface area contributed by atoms with Crippen molar-refractivity contribution in [1.82, 2.24) is 5.32 Å². The van der Waals surface area contributed by atoms with Crippen molar-refractivity contribution >= 4 is 11.0 Å². The molecule has 0 fully saturated rings. The van der Waals surface area contributed by atoms with Gasteiger partial charge in [-0.3, -0.25) is 0 Å². The third-order valence-corrected chi connectivity index (χ3v) is 3.60. The summed E-state index contributed by atoms with van der Waals surface area (Å²) in [6.45, 7) is 6.62. The van der Waals surface area contributed by atoms with Gasteiger partial charge in [-0.1, -0.05) is 25.5 Å². The minimum atomic E-state index is 0.556. The van der Waals surface area contributed by atoms with Crippen LogP contribution in [-0.2, 0) is 6.42 Å². The van der Waals surface area contributed by atoms with Gasteiger partial charge in [0.1, 0.15) is 11.3 Å². The summed E-state index contributed by atoms with van der Waals surface area (Å²) < 4.78 is 5.87. The van der Waals surface area contributed by atoms with Gasteiger partial charge in [0.25, 0.3) is 0 Å². The molecule has 2 rings (SSSR count). The molecule has 1 aromatic carbocycles. The van der Waals surface area contributed by atoms with Gasteiger partial charge in [-0.15, -0.1) is 0 Å². The van der Waals surface area contributed by atoms with Crippen LogP contribution >= 0.6 is 0 Å². The molecule has 0 bridgehead atoms. The molecule has 1 heterocycles. The van der Waals surface area contributed by atoms with Crippen molar-refractivity contribution in [1.29, 1.82) is 0 Å². The monoisotopic (exact) mass is 245 g/mol. The lowest BCUT2D eigenvalue weighted by atomic mass is 9.99. The Morgan fingerprint density at radius 1 is 1.22 bits per heavy atom. The van der Waals surface area contributed by atoms with Gasteiger partial charge in [0.2, 0.25) is 0 Å². The molecule has 0 saturated carbocycles. The second-order valence-electron chi connectivity index (χ2n) is 5.43. The molecule has 0 aliphatic carbocycles. The number of rotatable bonds is 5. The number of nitrogens with one attached hydrogen (secondary N) is 1. The Kier molecular flexibility index (Phi) is 4.07. The lowest BCUT2D eigenvalue weighted by Crippen LogP contribution is -2.30. The van der Waals surface area contributed by atoms with Crippen molar-refractivity contribution in [2.75, 3.05) is 7.05 Å². The Labute approximate surface area is 109 Å². The first kappa shape index (κ1) is 13.2.